The highest BCUT2D eigenvalue weighted by atomic mass is 32.2. The zero-order chi connectivity index (χ0) is 68.5. The SMILES string of the molecule is C=C[C@@H]1C[C@]1(N)C(=O)NS(=O)(=O)c1ccccc1NC.C=C[C@@H]1C[C@]1(NC(=O)CN(CC1CCCCC1)C(=O)[C@@H](NC(=O)OC(C)(C)C)C(C)C)C(=O)NS(=O)(=O)c1ccccc1NC.CC(C)[C@H](NC(=O)OC(C)(C)C)C(=O)N(CC(=O)O)CC1CCCCC1. The lowest BCUT2D eigenvalue weighted by molar-refractivity contribution is -0.146. The summed E-state index contributed by atoms with van der Waals surface area (Å²) in [4.78, 5) is 105. The lowest BCUT2D eigenvalue weighted by Gasteiger charge is -2.34. The number of ether oxygens (including phenoxy) is 2. The molecule has 0 unspecified atom stereocenters. The number of benzene rings is 2. The molecule has 0 saturated heterocycles. The number of amides is 7. The molecular weight excluding hydrogens is 1210 g/mol. The first-order valence-electron chi connectivity index (χ1n) is 31.2. The van der Waals surface area contributed by atoms with Crippen LogP contribution >= 0.6 is 0 Å². The van der Waals surface area contributed by atoms with Crippen LogP contribution in [0.5, 0.6) is 0 Å². The number of carbonyl (C=O) groups is 8. The van der Waals surface area contributed by atoms with Crippen LogP contribution in [-0.4, -0.2) is 154 Å². The number of nitrogens with one attached hydrogen (secondary N) is 7. The smallest absolute Gasteiger partial charge is 0.408 e. The first-order chi connectivity index (χ1) is 42.4. The van der Waals surface area contributed by atoms with Crippen LogP contribution in [0.3, 0.4) is 0 Å². The molecule has 2 aromatic carbocycles. The summed E-state index contributed by atoms with van der Waals surface area (Å²) in [7, 11) is -5.06. The van der Waals surface area contributed by atoms with Gasteiger partial charge in [0.05, 0.1) is 17.9 Å². The van der Waals surface area contributed by atoms with Crippen molar-refractivity contribution in [1.29, 1.82) is 0 Å². The first-order valence-corrected chi connectivity index (χ1v) is 34.1. The Balaban J connectivity index is 0.000000323. The highest BCUT2D eigenvalue weighted by molar-refractivity contribution is 7.90. The second-order valence-electron chi connectivity index (χ2n) is 26.6. The molecule has 0 heterocycles. The molecule has 7 amide bonds. The van der Waals surface area contributed by atoms with E-state index in [1.54, 1.807) is 112 Å². The van der Waals surface area contributed by atoms with E-state index in [1.807, 2.05) is 18.6 Å². The molecule has 2 aromatic rings. The van der Waals surface area contributed by atoms with Crippen molar-refractivity contribution >= 4 is 79.1 Å². The van der Waals surface area contributed by atoms with Gasteiger partial charge in [-0.25, -0.2) is 35.9 Å². The number of alkyl carbamates (subject to hydrolysis) is 2. The van der Waals surface area contributed by atoms with E-state index in [0.29, 0.717) is 36.8 Å². The number of anilines is 2. The van der Waals surface area contributed by atoms with Crippen LogP contribution in [0.25, 0.3) is 0 Å². The van der Waals surface area contributed by atoms with Gasteiger partial charge in [0.1, 0.15) is 50.7 Å². The standard InChI is InChI=1S/C32H49N5O7S.C19H34N2O5.C13H17N3O3S/c1-8-23-18-32(23,29(40)36-45(42,43)25-17-13-12-16-24(25)33-7)35-26(38)20-37(19-22-14-10-9-11-15-22)28(39)27(21(2)3)34-30(41)44-31(4,5)6;1-13(2)16(20-18(25)26-19(3,4)5)17(24)21(12-15(22)23)11-14-9-7-6-8-10-14;1-3-9-8-13(9,14)12(17)16-20(18,19)11-7-5-4-6-10(11)15-2/h8,12-13,16-17,21-23,27,33H,1,9-11,14-15,18-20H2,2-7H3,(H,34,41)(H,35,38)(H,36,40);13-14,16H,6-12H2,1-5H3,(H,20,25)(H,22,23);3-7,9,15H,1,8,14H2,2H3,(H,16,17)/t23-,27+,32-;16-;9-,13-/m101/s1. The molecule has 4 aliphatic carbocycles. The average Bonchev–Trinajstić information content (AvgIpc) is 1.60. The van der Waals surface area contributed by atoms with Crippen LogP contribution in [0.1, 0.15) is 146 Å². The van der Waals surface area contributed by atoms with Gasteiger partial charge in [0.25, 0.3) is 31.9 Å². The first kappa shape index (κ1) is 76.2. The Morgan fingerprint density at radius 3 is 1.34 bits per heavy atom. The van der Waals surface area contributed by atoms with Gasteiger partial charge in [-0.1, -0.05) is 103 Å². The van der Waals surface area contributed by atoms with Crippen molar-refractivity contribution in [1.82, 2.24) is 35.2 Å². The summed E-state index contributed by atoms with van der Waals surface area (Å²) in [6, 6.07) is 10.7. The van der Waals surface area contributed by atoms with Crippen LogP contribution in [0.15, 0.2) is 83.6 Å². The molecule has 6 atom stereocenters. The normalized spacial score (nSPS) is 20.6. The molecule has 4 fully saturated rings. The summed E-state index contributed by atoms with van der Waals surface area (Å²) < 4.78 is 65.6. The third kappa shape index (κ3) is 22.8. The Labute approximate surface area is 538 Å². The highest BCUT2D eigenvalue weighted by Gasteiger charge is 2.61. The van der Waals surface area contributed by atoms with Crippen molar-refractivity contribution in [3.8, 4) is 0 Å². The van der Waals surface area contributed by atoms with Crippen LogP contribution in [0.2, 0.25) is 0 Å². The van der Waals surface area contributed by atoms with Gasteiger partial charge in [0.2, 0.25) is 17.7 Å². The number of carboxylic acids is 1. The quantitative estimate of drug-likeness (QED) is 0.0451. The maximum Gasteiger partial charge on any atom is 0.408 e. The minimum atomic E-state index is -4.28. The Bertz CT molecular complexity index is 3140. The van der Waals surface area contributed by atoms with E-state index in [-0.39, 0.29) is 58.9 Å². The number of nitrogens with zero attached hydrogens (tertiary/aromatic N) is 2. The number of hydrogen-bond acceptors (Lipinski definition) is 17. The molecule has 4 aliphatic rings. The average molecular weight is 1310 g/mol. The fourth-order valence-electron chi connectivity index (χ4n) is 11.0. The van der Waals surface area contributed by atoms with E-state index < -0.39 is 102 Å². The van der Waals surface area contributed by atoms with Gasteiger partial charge in [-0.3, -0.25) is 28.8 Å². The van der Waals surface area contributed by atoms with Gasteiger partial charge in [-0.2, -0.15) is 0 Å². The zero-order valence-electron chi connectivity index (χ0n) is 55.1. The molecule has 4 saturated carbocycles. The van der Waals surface area contributed by atoms with Crippen molar-refractivity contribution in [2.45, 2.75) is 190 Å². The summed E-state index contributed by atoms with van der Waals surface area (Å²) in [6.45, 7) is 25.0. The number of rotatable bonds is 25. The van der Waals surface area contributed by atoms with E-state index in [0.717, 1.165) is 57.8 Å². The molecule has 10 N–H and O–H groups in total. The van der Waals surface area contributed by atoms with E-state index in [4.69, 9.17) is 15.2 Å². The number of para-hydroxylation sites is 2. The van der Waals surface area contributed by atoms with Crippen molar-refractivity contribution in [3.63, 3.8) is 0 Å². The monoisotopic (exact) mass is 1310 g/mol. The summed E-state index contributed by atoms with van der Waals surface area (Å²) in [5.74, 6) is -4.72. The number of aliphatic carboxylic acids is 1. The largest absolute Gasteiger partial charge is 0.480 e. The minimum Gasteiger partial charge on any atom is -0.480 e. The Morgan fingerprint density at radius 1 is 0.615 bits per heavy atom. The van der Waals surface area contributed by atoms with Crippen molar-refractivity contribution in [2.75, 3.05) is 50.9 Å². The molecule has 91 heavy (non-hydrogen) atoms. The van der Waals surface area contributed by atoms with Crippen molar-refractivity contribution in [3.05, 3.63) is 73.8 Å². The highest BCUT2D eigenvalue weighted by Crippen LogP contribution is 2.45. The molecule has 0 aliphatic heterocycles. The van der Waals surface area contributed by atoms with E-state index in [2.05, 4.69) is 44.5 Å². The van der Waals surface area contributed by atoms with Crippen molar-refractivity contribution in [2.24, 2.45) is 41.2 Å². The maximum absolute atomic E-state index is 13.9. The van der Waals surface area contributed by atoms with Gasteiger partial charge in [0.15, 0.2) is 0 Å². The van der Waals surface area contributed by atoms with Gasteiger partial charge >= 0.3 is 18.2 Å². The predicted molar refractivity (Wildman–Crippen MR) is 347 cm³/mol. The van der Waals surface area contributed by atoms with E-state index in [1.165, 1.54) is 34.4 Å². The van der Waals surface area contributed by atoms with Gasteiger partial charge < -0.3 is 56.7 Å². The maximum atomic E-state index is 13.9. The number of hydrogen-bond donors (Lipinski definition) is 9. The molecule has 0 radical (unpaired) electrons. The molecule has 508 valence electrons. The molecule has 0 bridgehead atoms. The van der Waals surface area contributed by atoms with Crippen LogP contribution in [0, 0.1) is 35.5 Å². The Hall–Kier alpha value is -7.26. The number of carboxylic acid groups (broad SMARTS) is 1. The molecular formula is C64H100N10O15S2. The number of carbonyl (C=O) groups excluding carboxylic acids is 7. The topological polar surface area (TPSA) is 360 Å². The lowest BCUT2D eigenvalue weighted by Crippen LogP contribution is -2.57. The van der Waals surface area contributed by atoms with Gasteiger partial charge in [-0.15, -0.1) is 13.2 Å². The Kier molecular flexibility index (Phi) is 27.5. The van der Waals surface area contributed by atoms with Crippen LogP contribution in [0.4, 0.5) is 21.0 Å². The molecule has 0 spiro atoms. The van der Waals surface area contributed by atoms with Crippen LogP contribution in [-0.2, 0) is 58.3 Å². The van der Waals surface area contributed by atoms with Gasteiger partial charge in [0, 0.05) is 39.0 Å². The lowest BCUT2D eigenvalue weighted by atomic mass is 9.88. The molecule has 0 aromatic heterocycles. The summed E-state index contributed by atoms with van der Waals surface area (Å²) in [5.41, 5.74) is 2.43. The number of sulfonamides is 2. The molecule has 25 nitrogen and oxygen atoms in total. The van der Waals surface area contributed by atoms with Crippen molar-refractivity contribution < 1.29 is 69.8 Å². The zero-order valence-corrected chi connectivity index (χ0v) is 56.7. The van der Waals surface area contributed by atoms with Gasteiger partial charge in [-0.05, 0) is 128 Å². The van der Waals surface area contributed by atoms with E-state index in [9.17, 15) is 60.3 Å². The second-order valence-corrected chi connectivity index (χ2v) is 29.9. The second kappa shape index (κ2) is 32.8. The van der Waals surface area contributed by atoms with Crippen LogP contribution < -0.4 is 41.8 Å². The third-order valence-electron chi connectivity index (χ3n) is 16.1. The summed E-state index contributed by atoms with van der Waals surface area (Å²) in [5, 5.41) is 22.8. The minimum absolute atomic E-state index is 0.00949. The fraction of sp³-hybridized carbons (Fsp3) is 0.625. The van der Waals surface area contributed by atoms with E-state index >= 15 is 0 Å². The third-order valence-corrected chi connectivity index (χ3v) is 18.9. The summed E-state index contributed by atoms with van der Waals surface area (Å²) in [6.07, 6.45) is 12.6. The number of nitrogens with two attached hydrogens (primary N) is 1. The Morgan fingerprint density at radius 2 is 1.00 bits per heavy atom. The molecule has 6 rings (SSSR count). The summed E-state index contributed by atoms with van der Waals surface area (Å²) >= 11 is 0. The fourth-order valence-corrected chi connectivity index (χ4v) is 13.5. The molecule has 27 heteroatoms. The predicted octanol–water partition coefficient (Wildman–Crippen LogP) is 7.02.